The van der Waals surface area contributed by atoms with Gasteiger partial charge >= 0.3 is 0 Å². The molecule has 132 valence electrons. The van der Waals surface area contributed by atoms with Gasteiger partial charge in [-0.25, -0.2) is 4.68 Å². The molecule has 3 rings (SSSR count). The number of hydrogen-bond donors (Lipinski definition) is 0. The summed E-state index contributed by atoms with van der Waals surface area (Å²) in [6.07, 6.45) is 1.52. The summed E-state index contributed by atoms with van der Waals surface area (Å²) in [5, 5.41) is 4.91. The van der Waals surface area contributed by atoms with E-state index < -0.39 is 0 Å². The third-order valence-corrected chi connectivity index (χ3v) is 4.78. The molecule has 6 nitrogen and oxygen atoms in total. The number of likely N-dealkylation sites (tertiary alicyclic amines) is 1. The van der Waals surface area contributed by atoms with E-state index in [1.165, 1.54) is 19.2 Å². The fourth-order valence-electron chi connectivity index (χ4n) is 2.74. The fraction of sp³-hybridized carbons (Fsp3) is 0.353. The first-order valence-corrected chi connectivity index (χ1v) is 8.65. The van der Waals surface area contributed by atoms with Gasteiger partial charge in [0.05, 0.1) is 16.6 Å². The van der Waals surface area contributed by atoms with Gasteiger partial charge in [-0.15, -0.1) is 0 Å². The summed E-state index contributed by atoms with van der Waals surface area (Å²) in [5.74, 6) is 0.409. The number of ether oxygens (including phenoxy) is 1. The standard InChI is InChI=1S/C17H17Cl2N3O3/c1-21-16(23)7-6-15(20-21)17(24)22-8-2-3-12(10-22)25-11-4-5-13(18)14(19)9-11/h4-7,9,12H,2-3,8,10H2,1H3. The van der Waals surface area contributed by atoms with Crippen LogP contribution >= 0.6 is 23.2 Å². The molecule has 0 N–H and O–H groups in total. The number of aromatic nitrogens is 2. The molecule has 1 atom stereocenters. The van der Waals surface area contributed by atoms with Crippen LogP contribution in [0.25, 0.3) is 0 Å². The average molecular weight is 382 g/mol. The number of aryl methyl sites for hydroxylation is 1. The molecule has 1 unspecified atom stereocenters. The van der Waals surface area contributed by atoms with E-state index in [0.29, 0.717) is 28.9 Å². The molecule has 2 heterocycles. The van der Waals surface area contributed by atoms with Crippen molar-refractivity contribution in [2.24, 2.45) is 7.05 Å². The van der Waals surface area contributed by atoms with Crippen molar-refractivity contribution >= 4 is 29.1 Å². The minimum absolute atomic E-state index is 0.137. The summed E-state index contributed by atoms with van der Waals surface area (Å²) < 4.78 is 7.09. The highest BCUT2D eigenvalue weighted by atomic mass is 35.5. The van der Waals surface area contributed by atoms with Crippen LogP contribution in [0.5, 0.6) is 5.75 Å². The van der Waals surface area contributed by atoms with E-state index in [1.807, 2.05) is 0 Å². The Morgan fingerprint density at radius 1 is 1.24 bits per heavy atom. The number of rotatable bonds is 3. The van der Waals surface area contributed by atoms with Crippen LogP contribution in [0.1, 0.15) is 23.3 Å². The van der Waals surface area contributed by atoms with Crippen LogP contribution < -0.4 is 10.3 Å². The summed E-state index contributed by atoms with van der Waals surface area (Å²) in [5.41, 5.74) is -0.00620. The van der Waals surface area contributed by atoms with Crippen LogP contribution in [0.4, 0.5) is 0 Å². The number of benzene rings is 1. The second-order valence-electron chi connectivity index (χ2n) is 5.89. The fourth-order valence-corrected chi connectivity index (χ4v) is 3.03. The minimum atomic E-state index is -0.254. The van der Waals surface area contributed by atoms with Crippen molar-refractivity contribution in [1.82, 2.24) is 14.7 Å². The Morgan fingerprint density at radius 2 is 2.04 bits per heavy atom. The maximum atomic E-state index is 12.6. The summed E-state index contributed by atoms with van der Waals surface area (Å²) >= 11 is 11.9. The predicted octanol–water partition coefficient (Wildman–Crippen LogP) is 2.77. The van der Waals surface area contributed by atoms with E-state index in [0.717, 1.165) is 17.5 Å². The number of carbonyl (C=O) groups excluding carboxylic acids is 1. The van der Waals surface area contributed by atoms with Crippen molar-refractivity contribution in [3.05, 3.63) is 56.4 Å². The maximum Gasteiger partial charge on any atom is 0.274 e. The quantitative estimate of drug-likeness (QED) is 0.819. The second-order valence-corrected chi connectivity index (χ2v) is 6.70. The van der Waals surface area contributed by atoms with Gasteiger partial charge in [0, 0.05) is 25.7 Å². The van der Waals surface area contributed by atoms with Gasteiger partial charge in [-0.3, -0.25) is 9.59 Å². The van der Waals surface area contributed by atoms with E-state index in [-0.39, 0.29) is 23.3 Å². The monoisotopic (exact) mass is 381 g/mol. The number of amides is 1. The van der Waals surface area contributed by atoms with Gasteiger partial charge in [-0.2, -0.15) is 5.10 Å². The number of nitrogens with zero attached hydrogens (tertiary/aromatic N) is 3. The van der Waals surface area contributed by atoms with E-state index in [4.69, 9.17) is 27.9 Å². The summed E-state index contributed by atoms with van der Waals surface area (Å²) in [6, 6.07) is 7.89. The van der Waals surface area contributed by atoms with E-state index in [1.54, 1.807) is 23.1 Å². The van der Waals surface area contributed by atoms with Crippen LogP contribution in [0.3, 0.4) is 0 Å². The van der Waals surface area contributed by atoms with Gasteiger partial charge in [0.2, 0.25) is 0 Å². The lowest BCUT2D eigenvalue weighted by atomic mass is 10.1. The number of carbonyl (C=O) groups is 1. The zero-order valence-corrected chi connectivity index (χ0v) is 15.1. The minimum Gasteiger partial charge on any atom is -0.489 e. The molecule has 25 heavy (non-hydrogen) atoms. The van der Waals surface area contributed by atoms with Crippen LogP contribution in [0.2, 0.25) is 10.0 Å². The zero-order chi connectivity index (χ0) is 18.0. The topological polar surface area (TPSA) is 64.4 Å². The smallest absolute Gasteiger partial charge is 0.274 e. The molecule has 2 aromatic rings. The molecule has 0 saturated carbocycles. The number of hydrogen-bond acceptors (Lipinski definition) is 4. The molecule has 1 fully saturated rings. The first kappa shape index (κ1) is 17.8. The Balaban J connectivity index is 1.69. The lowest BCUT2D eigenvalue weighted by Crippen LogP contribution is -2.45. The molecule has 0 aliphatic carbocycles. The van der Waals surface area contributed by atoms with E-state index >= 15 is 0 Å². The summed E-state index contributed by atoms with van der Waals surface area (Å²) in [6.45, 7) is 1.08. The van der Waals surface area contributed by atoms with Crippen LogP contribution in [-0.2, 0) is 7.05 Å². The van der Waals surface area contributed by atoms with E-state index in [9.17, 15) is 9.59 Å². The highest BCUT2D eigenvalue weighted by Crippen LogP contribution is 2.28. The highest BCUT2D eigenvalue weighted by molar-refractivity contribution is 6.42. The highest BCUT2D eigenvalue weighted by Gasteiger charge is 2.26. The van der Waals surface area contributed by atoms with Crippen LogP contribution in [0, 0.1) is 0 Å². The first-order chi connectivity index (χ1) is 11.9. The molecule has 1 aliphatic rings. The molecule has 1 aromatic heterocycles. The maximum absolute atomic E-state index is 12.6. The Kier molecular flexibility index (Phi) is 5.30. The molecule has 1 saturated heterocycles. The molecule has 0 bridgehead atoms. The van der Waals surface area contributed by atoms with E-state index in [2.05, 4.69) is 5.10 Å². The molecule has 1 aliphatic heterocycles. The zero-order valence-electron chi connectivity index (χ0n) is 13.6. The van der Waals surface area contributed by atoms with Crippen molar-refractivity contribution in [3.63, 3.8) is 0 Å². The molecule has 8 heteroatoms. The molecule has 0 radical (unpaired) electrons. The van der Waals surface area contributed by atoms with Gasteiger partial charge in [0.1, 0.15) is 17.5 Å². The summed E-state index contributed by atoms with van der Waals surface area (Å²) in [7, 11) is 1.52. The molecule has 1 amide bonds. The van der Waals surface area contributed by atoms with Crippen molar-refractivity contribution < 1.29 is 9.53 Å². The Labute approximate surface area is 154 Å². The Hall–Kier alpha value is -2.05. The normalized spacial score (nSPS) is 17.4. The number of piperidine rings is 1. The van der Waals surface area contributed by atoms with Crippen molar-refractivity contribution in [1.29, 1.82) is 0 Å². The SMILES string of the molecule is Cn1nc(C(=O)N2CCCC(Oc3ccc(Cl)c(Cl)c3)C2)ccc1=O. The average Bonchev–Trinajstić information content (AvgIpc) is 2.60. The molecular formula is C17H17Cl2N3O3. The van der Waals surface area contributed by atoms with Gasteiger partial charge in [0.25, 0.3) is 11.5 Å². The third kappa shape index (κ3) is 4.14. The van der Waals surface area contributed by atoms with Crippen LogP contribution in [-0.4, -0.2) is 39.8 Å². The van der Waals surface area contributed by atoms with Crippen molar-refractivity contribution in [2.75, 3.05) is 13.1 Å². The lowest BCUT2D eigenvalue weighted by Gasteiger charge is -2.32. The molecule has 1 aromatic carbocycles. The van der Waals surface area contributed by atoms with Gasteiger partial charge < -0.3 is 9.64 Å². The Morgan fingerprint density at radius 3 is 2.76 bits per heavy atom. The van der Waals surface area contributed by atoms with Crippen molar-refractivity contribution in [2.45, 2.75) is 18.9 Å². The number of halogens is 2. The van der Waals surface area contributed by atoms with Crippen LogP contribution in [0.15, 0.2) is 35.1 Å². The lowest BCUT2D eigenvalue weighted by molar-refractivity contribution is 0.0530. The molecular weight excluding hydrogens is 365 g/mol. The van der Waals surface area contributed by atoms with Gasteiger partial charge in [-0.1, -0.05) is 23.2 Å². The predicted molar refractivity (Wildman–Crippen MR) is 95.5 cm³/mol. The second kappa shape index (κ2) is 7.45. The summed E-state index contributed by atoms with van der Waals surface area (Å²) in [4.78, 5) is 25.7. The van der Waals surface area contributed by atoms with Crippen molar-refractivity contribution in [3.8, 4) is 5.75 Å². The molecule has 0 spiro atoms. The van der Waals surface area contributed by atoms with Gasteiger partial charge in [-0.05, 0) is 31.0 Å². The third-order valence-electron chi connectivity index (χ3n) is 4.04. The van der Waals surface area contributed by atoms with Gasteiger partial charge in [0.15, 0.2) is 0 Å². The first-order valence-electron chi connectivity index (χ1n) is 7.89. The largest absolute Gasteiger partial charge is 0.489 e. The Bertz CT molecular complexity index is 853.